The molecular formula is C21H27ClN2O. The summed E-state index contributed by atoms with van der Waals surface area (Å²) in [6.07, 6.45) is 3.59. The topological polar surface area (TPSA) is 26.7 Å². The monoisotopic (exact) mass is 358 g/mol. The van der Waals surface area contributed by atoms with Gasteiger partial charge in [0.15, 0.2) is 0 Å². The molecule has 25 heavy (non-hydrogen) atoms. The molecule has 0 saturated carbocycles. The number of hydrogen-bond acceptors (Lipinski definition) is 3. The van der Waals surface area contributed by atoms with Crippen LogP contribution in [0.1, 0.15) is 24.0 Å². The van der Waals surface area contributed by atoms with Crippen molar-refractivity contribution in [3.63, 3.8) is 0 Å². The van der Waals surface area contributed by atoms with Crippen molar-refractivity contribution in [1.82, 2.24) is 9.80 Å². The van der Waals surface area contributed by atoms with Gasteiger partial charge in [-0.3, -0.25) is 4.90 Å². The smallest absolute Gasteiger partial charge is 0.134 e. The first-order valence-corrected chi connectivity index (χ1v) is 9.43. The van der Waals surface area contributed by atoms with Crippen LogP contribution in [-0.2, 0) is 13.0 Å². The minimum atomic E-state index is 0.155. The molecule has 0 bridgehead atoms. The SMILES string of the molecule is CN(CCc1ccccc1)[C@H]1CCCN(Cc2ccc(O)c(Cl)c2)C1. The zero-order valence-corrected chi connectivity index (χ0v) is 15.6. The Morgan fingerprint density at radius 3 is 2.72 bits per heavy atom. The Hall–Kier alpha value is -1.55. The Balaban J connectivity index is 1.52. The molecule has 0 aromatic heterocycles. The predicted octanol–water partition coefficient (Wildman–Crippen LogP) is 4.18. The predicted molar refractivity (Wildman–Crippen MR) is 104 cm³/mol. The molecule has 3 rings (SSSR count). The maximum atomic E-state index is 9.57. The lowest BCUT2D eigenvalue weighted by atomic mass is 10.0. The van der Waals surface area contributed by atoms with Crippen molar-refractivity contribution in [2.24, 2.45) is 0 Å². The Bertz CT molecular complexity index is 677. The number of nitrogens with zero attached hydrogens (tertiary/aromatic N) is 2. The molecule has 1 fully saturated rings. The van der Waals surface area contributed by atoms with E-state index < -0.39 is 0 Å². The van der Waals surface area contributed by atoms with Crippen LogP contribution in [0.5, 0.6) is 5.75 Å². The van der Waals surface area contributed by atoms with E-state index in [4.69, 9.17) is 11.6 Å². The maximum Gasteiger partial charge on any atom is 0.134 e. The fourth-order valence-electron chi connectivity index (χ4n) is 3.57. The first-order chi connectivity index (χ1) is 12.1. The lowest BCUT2D eigenvalue weighted by molar-refractivity contribution is 0.112. The van der Waals surface area contributed by atoms with E-state index in [1.54, 1.807) is 6.07 Å². The van der Waals surface area contributed by atoms with Crippen LogP contribution in [0.2, 0.25) is 5.02 Å². The number of rotatable bonds is 6. The lowest BCUT2D eigenvalue weighted by Crippen LogP contribution is -2.46. The van der Waals surface area contributed by atoms with Gasteiger partial charge >= 0.3 is 0 Å². The summed E-state index contributed by atoms with van der Waals surface area (Å²) >= 11 is 6.03. The van der Waals surface area contributed by atoms with Gasteiger partial charge in [-0.05, 0) is 56.1 Å². The van der Waals surface area contributed by atoms with Gasteiger partial charge in [-0.1, -0.05) is 48.0 Å². The van der Waals surface area contributed by atoms with Crippen LogP contribution < -0.4 is 0 Å². The van der Waals surface area contributed by atoms with E-state index in [0.717, 1.165) is 38.2 Å². The Labute approximate surface area is 155 Å². The van der Waals surface area contributed by atoms with Crippen molar-refractivity contribution < 1.29 is 5.11 Å². The van der Waals surface area contributed by atoms with E-state index in [1.807, 2.05) is 12.1 Å². The highest BCUT2D eigenvalue weighted by atomic mass is 35.5. The van der Waals surface area contributed by atoms with E-state index in [0.29, 0.717) is 11.1 Å². The van der Waals surface area contributed by atoms with Gasteiger partial charge in [-0.15, -0.1) is 0 Å². The van der Waals surface area contributed by atoms with Crippen LogP contribution in [0, 0.1) is 0 Å². The summed E-state index contributed by atoms with van der Waals surface area (Å²) in [5, 5.41) is 10.0. The van der Waals surface area contributed by atoms with Crippen LogP contribution in [-0.4, -0.2) is 47.6 Å². The molecule has 2 aromatic carbocycles. The van der Waals surface area contributed by atoms with Crippen LogP contribution >= 0.6 is 11.6 Å². The Morgan fingerprint density at radius 1 is 1.16 bits per heavy atom. The highest BCUT2D eigenvalue weighted by Gasteiger charge is 2.23. The third-order valence-corrected chi connectivity index (χ3v) is 5.42. The first-order valence-electron chi connectivity index (χ1n) is 9.06. The zero-order valence-electron chi connectivity index (χ0n) is 14.9. The number of aromatic hydroxyl groups is 1. The number of likely N-dealkylation sites (tertiary alicyclic amines) is 1. The molecule has 1 aliphatic rings. The molecule has 0 radical (unpaired) electrons. The van der Waals surface area contributed by atoms with Gasteiger partial charge in [-0.2, -0.15) is 0 Å². The lowest BCUT2D eigenvalue weighted by Gasteiger charge is -2.37. The second-order valence-corrected chi connectivity index (χ2v) is 7.44. The molecule has 1 heterocycles. The summed E-state index contributed by atoms with van der Waals surface area (Å²) in [6.45, 7) is 4.20. The number of hydrogen-bond donors (Lipinski definition) is 1. The number of likely N-dealkylation sites (N-methyl/N-ethyl adjacent to an activating group) is 1. The third-order valence-electron chi connectivity index (χ3n) is 5.12. The van der Waals surface area contributed by atoms with Crippen LogP contribution in [0.25, 0.3) is 0 Å². The highest BCUT2D eigenvalue weighted by Crippen LogP contribution is 2.25. The van der Waals surface area contributed by atoms with Gasteiger partial charge in [0, 0.05) is 25.7 Å². The molecule has 2 aromatic rings. The van der Waals surface area contributed by atoms with Gasteiger partial charge in [0.2, 0.25) is 0 Å². The molecule has 1 saturated heterocycles. The average molecular weight is 359 g/mol. The standard InChI is InChI=1S/C21H27ClN2O/c1-23(13-11-17-6-3-2-4-7-17)19-8-5-12-24(16-19)15-18-9-10-21(25)20(22)14-18/h2-4,6-7,9-10,14,19,25H,5,8,11-13,15-16H2,1H3/t19-/m0/s1. The van der Waals surface area contributed by atoms with Crippen LogP contribution in [0.15, 0.2) is 48.5 Å². The summed E-state index contributed by atoms with van der Waals surface area (Å²) in [6, 6.07) is 16.8. The molecular weight excluding hydrogens is 332 g/mol. The van der Waals surface area contributed by atoms with Crippen molar-refractivity contribution in [2.45, 2.75) is 31.8 Å². The summed E-state index contributed by atoms with van der Waals surface area (Å²) in [7, 11) is 2.24. The average Bonchev–Trinajstić information content (AvgIpc) is 2.64. The minimum absolute atomic E-state index is 0.155. The normalized spacial score (nSPS) is 18.6. The highest BCUT2D eigenvalue weighted by molar-refractivity contribution is 6.32. The van der Waals surface area contributed by atoms with Gasteiger partial charge in [-0.25, -0.2) is 0 Å². The van der Waals surface area contributed by atoms with Gasteiger partial charge in [0.25, 0.3) is 0 Å². The largest absolute Gasteiger partial charge is 0.506 e. The van der Waals surface area contributed by atoms with Crippen molar-refractivity contribution in [3.8, 4) is 5.75 Å². The molecule has 1 atom stereocenters. The molecule has 4 heteroatoms. The third kappa shape index (κ3) is 5.21. The van der Waals surface area contributed by atoms with Crippen LogP contribution in [0.3, 0.4) is 0 Å². The van der Waals surface area contributed by atoms with Crippen molar-refractivity contribution in [2.75, 3.05) is 26.7 Å². The first kappa shape index (κ1) is 18.2. The van der Waals surface area contributed by atoms with E-state index in [9.17, 15) is 5.11 Å². The second-order valence-electron chi connectivity index (χ2n) is 7.03. The summed E-state index contributed by atoms with van der Waals surface area (Å²) in [5.41, 5.74) is 2.57. The number of benzene rings is 2. The summed E-state index contributed by atoms with van der Waals surface area (Å²) < 4.78 is 0. The number of phenols is 1. The molecule has 134 valence electrons. The fraction of sp³-hybridized carbons (Fsp3) is 0.429. The second kappa shape index (κ2) is 8.70. The molecule has 0 unspecified atom stereocenters. The number of halogens is 1. The van der Waals surface area contributed by atoms with Crippen LogP contribution in [0.4, 0.5) is 0 Å². The maximum absolute atomic E-state index is 9.57. The molecule has 1 aliphatic heterocycles. The number of piperidine rings is 1. The zero-order chi connectivity index (χ0) is 17.6. The Kier molecular flexibility index (Phi) is 6.35. The van der Waals surface area contributed by atoms with E-state index in [2.05, 4.69) is 47.2 Å². The number of phenolic OH excluding ortho intramolecular Hbond substituents is 1. The van der Waals surface area contributed by atoms with Gasteiger partial charge < -0.3 is 10.0 Å². The molecule has 3 nitrogen and oxygen atoms in total. The van der Waals surface area contributed by atoms with E-state index >= 15 is 0 Å². The minimum Gasteiger partial charge on any atom is -0.506 e. The molecule has 1 N–H and O–H groups in total. The van der Waals surface area contributed by atoms with E-state index in [-0.39, 0.29) is 5.75 Å². The van der Waals surface area contributed by atoms with Crippen molar-refractivity contribution in [1.29, 1.82) is 0 Å². The summed E-state index contributed by atoms with van der Waals surface area (Å²) in [5.74, 6) is 0.155. The molecule has 0 amide bonds. The van der Waals surface area contributed by atoms with E-state index in [1.165, 1.54) is 18.4 Å². The summed E-state index contributed by atoms with van der Waals surface area (Å²) in [4.78, 5) is 5.00. The fourth-order valence-corrected chi connectivity index (χ4v) is 3.78. The van der Waals surface area contributed by atoms with Gasteiger partial charge in [0.05, 0.1) is 5.02 Å². The molecule has 0 aliphatic carbocycles. The Morgan fingerprint density at radius 2 is 1.96 bits per heavy atom. The quantitative estimate of drug-likeness (QED) is 0.839. The molecule has 0 spiro atoms. The van der Waals surface area contributed by atoms with Gasteiger partial charge in [0.1, 0.15) is 5.75 Å². The van der Waals surface area contributed by atoms with Crippen molar-refractivity contribution in [3.05, 3.63) is 64.7 Å². The van der Waals surface area contributed by atoms with Crippen molar-refractivity contribution >= 4 is 11.6 Å².